The van der Waals surface area contributed by atoms with Gasteiger partial charge in [0.1, 0.15) is 0 Å². The third-order valence-electron chi connectivity index (χ3n) is 3.58. The molecule has 0 atom stereocenters. The van der Waals surface area contributed by atoms with Crippen LogP contribution in [0.1, 0.15) is 11.3 Å². The molecule has 0 fully saturated rings. The van der Waals surface area contributed by atoms with E-state index in [1.54, 1.807) is 48.3 Å². The zero-order valence-electron chi connectivity index (χ0n) is 13.8. The summed E-state index contributed by atoms with van der Waals surface area (Å²) in [5, 5.41) is 7.24. The van der Waals surface area contributed by atoms with Gasteiger partial charge in [-0.25, -0.2) is 0 Å². The zero-order valence-corrected chi connectivity index (χ0v) is 14.5. The molecule has 7 heteroatoms. The van der Waals surface area contributed by atoms with Gasteiger partial charge in [0.2, 0.25) is 11.8 Å². The number of aromatic nitrogens is 2. The van der Waals surface area contributed by atoms with Crippen molar-refractivity contribution >= 4 is 35.2 Å². The summed E-state index contributed by atoms with van der Waals surface area (Å²) in [6.07, 6.45) is 4.79. The highest BCUT2D eigenvalue weighted by Gasteiger charge is 2.12. The Morgan fingerprint density at radius 3 is 2.71 bits per heavy atom. The molecule has 1 heterocycles. The highest BCUT2D eigenvalue weighted by atomic mass is 35.5. The standard InChI is InChI=1S/C17H19ClN4O2/c1-12-13(10-19-22(12)3)8-9-17(24)21(2)11-16(23)20-15-7-5-4-6-14(15)18/h4-10H,11H2,1-3H3,(H,20,23)/b9-8+. The van der Waals surface area contributed by atoms with Crippen LogP contribution in [-0.4, -0.2) is 40.1 Å². The van der Waals surface area contributed by atoms with E-state index < -0.39 is 0 Å². The van der Waals surface area contributed by atoms with Crippen LogP contribution in [0.15, 0.2) is 36.5 Å². The number of halogens is 1. The van der Waals surface area contributed by atoms with Crippen LogP contribution in [-0.2, 0) is 16.6 Å². The average molecular weight is 347 g/mol. The molecule has 0 aliphatic carbocycles. The largest absolute Gasteiger partial charge is 0.333 e. The van der Waals surface area contributed by atoms with Gasteiger partial charge in [0.25, 0.3) is 0 Å². The fourth-order valence-corrected chi connectivity index (χ4v) is 2.20. The number of hydrogen-bond acceptors (Lipinski definition) is 3. The molecule has 2 aromatic rings. The van der Waals surface area contributed by atoms with Gasteiger partial charge in [0.15, 0.2) is 0 Å². The number of aryl methyl sites for hydroxylation is 1. The van der Waals surface area contributed by atoms with Crippen molar-refractivity contribution in [1.82, 2.24) is 14.7 Å². The molecular weight excluding hydrogens is 328 g/mol. The van der Waals surface area contributed by atoms with E-state index in [1.807, 2.05) is 14.0 Å². The number of anilines is 1. The van der Waals surface area contributed by atoms with Gasteiger partial charge in [-0.3, -0.25) is 14.3 Å². The van der Waals surface area contributed by atoms with Crippen molar-refractivity contribution in [3.05, 3.63) is 52.8 Å². The molecule has 2 amide bonds. The first-order valence-corrected chi connectivity index (χ1v) is 7.72. The van der Waals surface area contributed by atoms with Gasteiger partial charge in [-0.05, 0) is 25.1 Å². The number of carbonyl (C=O) groups is 2. The Kier molecular flexibility index (Phi) is 5.76. The van der Waals surface area contributed by atoms with Crippen LogP contribution in [0.2, 0.25) is 5.02 Å². The lowest BCUT2D eigenvalue weighted by atomic mass is 10.2. The Morgan fingerprint density at radius 2 is 2.08 bits per heavy atom. The summed E-state index contributed by atoms with van der Waals surface area (Å²) in [7, 11) is 3.40. The van der Waals surface area contributed by atoms with Crippen LogP contribution < -0.4 is 5.32 Å². The first-order valence-electron chi connectivity index (χ1n) is 7.34. The van der Waals surface area contributed by atoms with Crippen LogP contribution in [0, 0.1) is 6.92 Å². The minimum Gasteiger partial charge on any atom is -0.333 e. The summed E-state index contributed by atoms with van der Waals surface area (Å²) in [4.78, 5) is 25.4. The Morgan fingerprint density at radius 1 is 1.38 bits per heavy atom. The molecule has 0 saturated heterocycles. The molecule has 1 aromatic carbocycles. The normalized spacial score (nSPS) is 10.8. The smallest absolute Gasteiger partial charge is 0.246 e. The van der Waals surface area contributed by atoms with Crippen molar-refractivity contribution in [1.29, 1.82) is 0 Å². The minimum absolute atomic E-state index is 0.0690. The van der Waals surface area contributed by atoms with Crippen molar-refractivity contribution in [3.8, 4) is 0 Å². The fourth-order valence-electron chi connectivity index (χ4n) is 2.01. The summed E-state index contributed by atoms with van der Waals surface area (Å²) in [6.45, 7) is 1.85. The van der Waals surface area contributed by atoms with Crippen molar-refractivity contribution in [2.75, 3.05) is 18.9 Å². The van der Waals surface area contributed by atoms with Crippen molar-refractivity contribution in [2.24, 2.45) is 7.05 Å². The summed E-state index contributed by atoms with van der Waals surface area (Å²) < 4.78 is 1.73. The predicted molar refractivity (Wildman–Crippen MR) is 94.7 cm³/mol. The van der Waals surface area contributed by atoms with E-state index in [-0.39, 0.29) is 18.4 Å². The lowest BCUT2D eigenvalue weighted by Gasteiger charge is -2.15. The van der Waals surface area contributed by atoms with Crippen LogP contribution in [0.5, 0.6) is 0 Å². The van der Waals surface area contributed by atoms with E-state index in [4.69, 9.17) is 11.6 Å². The third-order valence-corrected chi connectivity index (χ3v) is 3.91. The van der Waals surface area contributed by atoms with Crippen molar-refractivity contribution < 1.29 is 9.59 Å². The van der Waals surface area contributed by atoms with Gasteiger partial charge >= 0.3 is 0 Å². The maximum Gasteiger partial charge on any atom is 0.246 e. The highest BCUT2D eigenvalue weighted by molar-refractivity contribution is 6.33. The predicted octanol–water partition coefficient (Wildman–Crippen LogP) is 2.49. The maximum absolute atomic E-state index is 12.1. The molecular formula is C17H19ClN4O2. The third kappa shape index (κ3) is 4.45. The zero-order chi connectivity index (χ0) is 17.7. The fraction of sp³-hybridized carbons (Fsp3) is 0.235. The number of benzene rings is 1. The van der Waals surface area contributed by atoms with Gasteiger partial charge in [-0.1, -0.05) is 23.7 Å². The number of hydrogen-bond donors (Lipinski definition) is 1. The van der Waals surface area contributed by atoms with E-state index in [0.29, 0.717) is 10.7 Å². The Bertz CT molecular complexity index is 783. The molecule has 0 radical (unpaired) electrons. The SMILES string of the molecule is Cc1c(/C=C/C(=O)N(C)CC(=O)Nc2ccccc2Cl)cnn1C. The van der Waals surface area contributed by atoms with Gasteiger partial charge in [-0.2, -0.15) is 5.10 Å². The van der Waals surface area contributed by atoms with Crippen LogP contribution >= 0.6 is 11.6 Å². The van der Waals surface area contributed by atoms with Crippen LogP contribution in [0.4, 0.5) is 5.69 Å². The Labute approximate surface area is 145 Å². The van der Waals surface area contributed by atoms with Gasteiger partial charge in [0.05, 0.1) is 23.5 Å². The Hall–Kier alpha value is -2.60. The number of rotatable bonds is 5. The second-order valence-corrected chi connectivity index (χ2v) is 5.77. The second-order valence-electron chi connectivity index (χ2n) is 5.36. The number of nitrogens with zero attached hydrogens (tertiary/aromatic N) is 3. The van der Waals surface area contributed by atoms with Gasteiger partial charge < -0.3 is 10.2 Å². The van der Waals surface area contributed by atoms with Crippen molar-refractivity contribution in [2.45, 2.75) is 6.92 Å². The lowest BCUT2D eigenvalue weighted by Crippen LogP contribution is -2.33. The van der Waals surface area contributed by atoms with E-state index in [0.717, 1.165) is 11.3 Å². The minimum atomic E-state index is -0.315. The molecule has 1 aromatic heterocycles. The van der Waals surface area contributed by atoms with Crippen LogP contribution in [0.3, 0.4) is 0 Å². The second kappa shape index (κ2) is 7.79. The molecule has 24 heavy (non-hydrogen) atoms. The summed E-state index contributed by atoms with van der Waals surface area (Å²) in [6, 6.07) is 6.94. The van der Waals surface area contributed by atoms with Gasteiger partial charge in [0, 0.05) is 31.4 Å². The van der Waals surface area contributed by atoms with E-state index in [9.17, 15) is 9.59 Å². The van der Waals surface area contributed by atoms with Crippen molar-refractivity contribution in [3.63, 3.8) is 0 Å². The summed E-state index contributed by atoms with van der Waals surface area (Å²) in [5.41, 5.74) is 2.34. The molecule has 0 saturated carbocycles. The number of amides is 2. The topological polar surface area (TPSA) is 67.2 Å². The monoisotopic (exact) mass is 346 g/mol. The highest BCUT2D eigenvalue weighted by Crippen LogP contribution is 2.20. The molecule has 0 spiro atoms. The maximum atomic E-state index is 12.1. The van der Waals surface area contributed by atoms with E-state index in [1.165, 1.54) is 11.0 Å². The average Bonchev–Trinajstić information content (AvgIpc) is 2.86. The number of likely N-dealkylation sites (N-methyl/N-ethyl adjacent to an activating group) is 1. The first kappa shape index (κ1) is 17.7. The summed E-state index contributed by atoms with van der Waals surface area (Å²) in [5.74, 6) is -0.586. The molecule has 0 unspecified atom stereocenters. The first-order chi connectivity index (χ1) is 11.4. The molecule has 6 nitrogen and oxygen atoms in total. The number of para-hydroxylation sites is 1. The molecule has 0 aliphatic heterocycles. The quantitative estimate of drug-likeness (QED) is 0.846. The number of nitrogens with one attached hydrogen (secondary N) is 1. The Balaban J connectivity index is 1.92. The molecule has 126 valence electrons. The molecule has 2 rings (SSSR count). The summed E-state index contributed by atoms with van der Waals surface area (Å²) >= 11 is 5.99. The van der Waals surface area contributed by atoms with E-state index in [2.05, 4.69) is 10.4 Å². The molecule has 0 bridgehead atoms. The van der Waals surface area contributed by atoms with Gasteiger partial charge in [-0.15, -0.1) is 0 Å². The lowest BCUT2D eigenvalue weighted by molar-refractivity contribution is -0.129. The van der Waals surface area contributed by atoms with Crippen LogP contribution in [0.25, 0.3) is 6.08 Å². The molecule has 0 aliphatic rings. The number of carbonyl (C=O) groups excluding carboxylic acids is 2. The van der Waals surface area contributed by atoms with E-state index >= 15 is 0 Å². The molecule has 1 N–H and O–H groups in total.